The van der Waals surface area contributed by atoms with Crippen LogP contribution in [0.15, 0.2) is 18.2 Å². The quantitative estimate of drug-likeness (QED) is 0.583. The van der Waals surface area contributed by atoms with Crippen LogP contribution in [-0.4, -0.2) is 17.3 Å². The third-order valence-corrected chi connectivity index (χ3v) is 4.08. The second-order valence-corrected chi connectivity index (χ2v) is 6.12. The Hall–Kier alpha value is -0.490. The molecule has 2 rings (SSSR count). The standard InChI is InChI=1S/C13H19IN2O/c14-10-4-5-12(11(15)8-10)16-9-13(17)6-2-1-3-7-13/h4-5,8,16-17H,1-3,6-7,9,15H2. The third-order valence-electron chi connectivity index (χ3n) is 3.41. The highest BCUT2D eigenvalue weighted by Crippen LogP contribution is 2.29. The minimum Gasteiger partial charge on any atom is -0.397 e. The number of halogens is 1. The van der Waals surface area contributed by atoms with Crippen LogP contribution in [0.4, 0.5) is 11.4 Å². The maximum absolute atomic E-state index is 10.4. The fraction of sp³-hybridized carbons (Fsp3) is 0.538. The molecule has 0 radical (unpaired) electrons. The highest BCUT2D eigenvalue weighted by atomic mass is 127. The van der Waals surface area contributed by atoms with Crippen molar-refractivity contribution in [1.29, 1.82) is 0 Å². The van der Waals surface area contributed by atoms with Crippen molar-refractivity contribution in [2.45, 2.75) is 37.7 Å². The Bertz CT molecular complexity index is 389. The number of nitrogen functional groups attached to an aromatic ring is 1. The van der Waals surface area contributed by atoms with Crippen LogP contribution in [0.25, 0.3) is 0 Å². The summed E-state index contributed by atoms with van der Waals surface area (Å²) in [4.78, 5) is 0. The van der Waals surface area contributed by atoms with Crippen LogP contribution in [0.1, 0.15) is 32.1 Å². The van der Waals surface area contributed by atoms with E-state index in [0.717, 1.165) is 40.6 Å². The van der Waals surface area contributed by atoms with Crippen LogP contribution in [-0.2, 0) is 0 Å². The van der Waals surface area contributed by atoms with Crippen molar-refractivity contribution in [3.05, 3.63) is 21.8 Å². The maximum atomic E-state index is 10.4. The van der Waals surface area contributed by atoms with Gasteiger partial charge < -0.3 is 16.2 Å². The van der Waals surface area contributed by atoms with Crippen molar-refractivity contribution in [3.8, 4) is 0 Å². The molecule has 1 aromatic carbocycles. The first-order valence-electron chi connectivity index (χ1n) is 6.10. The van der Waals surface area contributed by atoms with E-state index >= 15 is 0 Å². The zero-order valence-electron chi connectivity index (χ0n) is 9.88. The molecule has 0 heterocycles. The van der Waals surface area contributed by atoms with Crippen LogP contribution in [0.5, 0.6) is 0 Å². The van der Waals surface area contributed by atoms with Gasteiger partial charge in [-0.2, -0.15) is 0 Å². The Morgan fingerprint density at radius 2 is 2.00 bits per heavy atom. The van der Waals surface area contributed by atoms with Gasteiger partial charge in [0.15, 0.2) is 0 Å². The average Bonchev–Trinajstić information content (AvgIpc) is 2.29. The molecule has 0 unspecified atom stereocenters. The molecular weight excluding hydrogens is 327 g/mol. The molecule has 0 aromatic heterocycles. The molecule has 17 heavy (non-hydrogen) atoms. The lowest BCUT2D eigenvalue weighted by Crippen LogP contribution is -2.38. The fourth-order valence-electron chi connectivity index (χ4n) is 2.34. The number of nitrogens with two attached hydrogens (primary N) is 1. The third kappa shape index (κ3) is 3.48. The van der Waals surface area contributed by atoms with Crippen molar-refractivity contribution in [3.63, 3.8) is 0 Å². The Morgan fingerprint density at radius 3 is 2.65 bits per heavy atom. The summed E-state index contributed by atoms with van der Waals surface area (Å²) in [6.07, 6.45) is 5.28. The van der Waals surface area contributed by atoms with Gasteiger partial charge in [0.2, 0.25) is 0 Å². The molecule has 0 aliphatic heterocycles. The van der Waals surface area contributed by atoms with Crippen molar-refractivity contribution in [1.82, 2.24) is 0 Å². The average molecular weight is 346 g/mol. The van der Waals surface area contributed by atoms with E-state index in [9.17, 15) is 5.11 Å². The lowest BCUT2D eigenvalue weighted by Gasteiger charge is -2.32. The van der Waals surface area contributed by atoms with Gasteiger partial charge >= 0.3 is 0 Å². The smallest absolute Gasteiger partial charge is 0.0819 e. The van der Waals surface area contributed by atoms with Gasteiger partial charge in [-0.05, 0) is 53.6 Å². The van der Waals surface area contributed by atoms with Gasteiger partial charge in [-0.25, -0.2) is 0 Å². The molecule has 0 spiro atoms. The van der Waals surface area contributed by atoms with Crippen LogP contribution in [0, 0.1) is 3.57 Å². The molecular formula is C13H19IN2O. The molecule has 1 aliphatic rings. The summed E-state index contributed by atoms with van der Waals surface area (Å²) in [5.41, 5.74) is 7.05. The van der Waals surface area contributed by atoms with Crippen molar-refractivity contribution < 1.29 is 5.11 Å². The summed E-state index contributed by atoms with van der Waals surface area (Å²) in [5.74, 6) is 0. The Labute approximate surface area is 116 Å². The zero-order valence-corrected chi connectivity index (χ0v) is 12.0. The molecule has 0 atom stereocenters. The molecule has 1 fully saturated rings. The molecule has 1 aliphatic carbocycles. The van der Waals surface area contributed by atoms with E-state index in [1.165, 1.54) is 6.42 Å². The van der Waals surface area contributed by atoms with E-state index in [2.05, 4.69) is 27.9 Å². The molecule has 0 amide bonds. The van der Waals surface area contributed by atoms with Crippen molar-refractivity contribution >= 4 is 34.0 Å². The predicted molar refractivity (Wildman–Crippen MR) is 80.1 cm³/mol. The summed E-state index contributed by atoms with van der Waals surface area (Å²) < 4.78 is 1.13. The number of aliphatic hydroxyl groups is 1. The van der Waals surface area contributed by atoms with Gasteiger partial charge in [0.05, 0.1) is 17.0 Å². The molecule has 4 N–H and O–H groups in total. The molecule has 3 nitrogen and oxygen atoms in total. The van der Waals surface area contributed by atoms with Crippen LogP contribution < -0.4 is 11.1 Å². The number of nitrogens with one attached hydrogen (secondary N) is 1. The molecule has 1 saturated carbocycles. The van der Waals surface area contributed by atoms with Crippen LogP contribution in [0.3, 0.4) is 0 Å². The molecule has 0 saturated heterocycles. The molecule has 4 heteroatoms. The number of hydrogen-bond donors (Lipinski definition) is 3. The first-order valence-corrected chi connectivity index (χ1v) is 7.18. The topological polar surface area (TPSA) is 58.3 Å². The first kappa shape index (κ1) is 13.0. The van der Waals surface area contributed by atoms with E-state index in [-0.39, 0.29) is 0 Å². The van der Waals surface area contributed by atoms with E-state index < -0.39 is 5.60 Å². The van der Waals surface area contributed by atoms with Gasteiger partial charge in [0, 0.05) is 10.1 Å². The zero-order chi connectivity index (χ0) is 12.3. The van der Waals surface area contributed by atoms with Gasteiger partial charge in [-0.15, -0.1) is 0 Å². The summed E-state index contributed by atoms with van der Waals surface area (Å²) in [5, 5.41) is 13.6. The summed E-state index contributed by atoms with van der Waals surface area (Å²) in [6, 6.07) is 5.93. The summed E-state index contributed by atoms with van der Waals surface area (Å²) in [7, 11) is 0. The van der Waals surface area contributed by atoms with E-state index in [1.54, 1.807) is 0 Å². The highest BCUT2D eigenvalue weighted by Gasteiger charge is 2.28. The molecule has 1 aromatic rings. The number of hydrogen-bond acceptors (Lipinski definition) is 3. The second kappa shape index (κ2) is 5.44. The Balaban J connectivity index is 1.97. The fourth-order valence-corrected chi connectivity index (χ4v) is 2.86. The van der Waals surface area contributed by atoms with Gasteiger partial charge in [-0.3, -0.25) is 0 Å². The van der Waals surface area contributed by atoms with E-state index in [4.69, 9.17) is 5.73 Å². The minimum atomic E-state index is -0.548. The van der Waals surface area contributed by atoms with Gasteiger partial charge in [-0.1, -0.05) is 19.3 Å². The molecule has 94 valence electrons. The van der Waals surface area contributed by atoms with E-state index in [1.807, 2.05) is 18.2 Å². The molecule has 0 bridgehead atoms. The monoisotopic (exact) mass is 346 g/mol. The lowest BCUT2D eigenvalue weighted by atomic mass is 9.85. The summed E-state index contributed by atoms with van der Waals surface area (Å²) >= 11 is 2.24. The van der Waals surface area contributed by atoms with Crippen molar-refractivity contribution in [2.75, 3.05) is 17.6 Å². The van der Waals surface area contributed by atoms with Gasteiger partial charge in [0.1, 0.15) is 0 Å². The van der Waals surface area contributed by atoms with E-state index in [0.29, 0.717) is 6.54 Å². The highest BCUT2D eigenvalue weighted by molar-refractivity contribution is 14.1. The number of benzene rings is 1. The maximum Gasteiger partial charge on any atom is 0.0819 e. The Kier molecular flexibility index (Phi) is 4.14. The second-order valence-electron chi connectivity index (χ2n) is 4.87. The number of anilines is 2. The predicted octanol–water partition coefficient (Wildman–Crippen LogP) is 2.98. The minimum absolute atomic E-state index is 0.548. The van der Waals surface area contributed by atoms with Crippen molar-refractivity contribution in [2.24, 2.45) is 0 Å². The van der Waals surface area contributed by atoms with Crippen LogP contribution >= 0.6 is 22.6 Å². The lowest BCUT2D eigenvalue weighted by molar-refractivity contribution is 0.0167. The normalized spacial score (nSPS) is 18.9. The van der Waals surface area contributed by atoms with Gasteiger partial charge in [0.25, 0.3) is 0 Å². The SMILES string of the molecule is Nc1cc(I)ccc1NCC1(O)CCCCC1. The first-order chi connectivity index (χ1) is 8.09. The Morgan fingerprint density at radius 1 is 1.29 bits per heavy atom. The largest absolute Gasteiger partial charge is 0.397 e. The number of rotatable bonds is 3. The summed E-state index contributed by atoms with van der Waals surface area (Å²) in [6.45, 7) is 0.595. The van der Waals surface area contributed by atoms with Crippen LogP contribution in [0.2, 0.25) is 0 Å².